The van der Waals surface area contributed by atoms with Crippen LogP contribution in [0.5, 0.6) is 0 Å². The van der Waals surface area contributed by atoms with Crippen LogP contribution in [-0.4, -0.2) is 35.0 Å². The highest BCUT2D eigenvalue weighted by Crippen LogP contribution is 2.55. The van der Waals surface area contributed by atoms with Crippen LogP contribution in [0.3, 0.4) is 0 Å². The third-order valence-electron chi connectivity index (χ3n) is 4.96. The lowest BCUT2D eigenvalue weighted by molar-refractivity contribution is 0.465. The van der Waals surface area contributed by atoms with E-state index in [1.54, 1.807) is 0 Å². The van der Waals surface area contributed by atoms with Crippen LogP contribution in [-0.2, 0) is 23.9 Å². The molecule has 0 saturated heterocycles. The molecule has 3 aromatic carbocycles. The fourth-order valence-electron chi connectivity index (χ4n) is 3.73. The minimum Gasteiger partial charge on any atom is -0.199 e. The molecule has 0 spiro atoms. The Morgan fingerprint density at radius 3 is 1.39 bits per heavy atom. The highest BCUT2D eigenvalue weighted by Gasteiger charge is 2.44. The van der Waals surface area contributed by atoms with Gasteiger partial charge >= 0.3 is 0 Å². The maximum absolute atomic E-state index is 12.0. The van der Waals surface area contributed by atoms with Gasteiger partial charge in [0.15, 0.2) is 0 Å². The lowest BCUT2D eigenvalue weighted by Gasteiger charge is -2.27. The molecule has 0 fully saturated rings. The van der Waals surface area contributed by atoms with Gasteiger partial charge in [-0.1, -0.05) is 54.6 Å². The molecule has 0 N–H and O–H groups in total. The summed E-state index contributed by atoms with van der Waals surface area (Å²) in [5.74, 6) is -0.335. The van der Waals surface area contributed by atoms with Gasteiger partial charge in [-0.05, 0) is 49.2 Å². The lowest BCUT2D eigenvalue weighted by Crippen LogP contribution is -2.33. The third-order valence-corrected chi connectivity index (χ3v) is 12.1. The van der Waals surface area contributed by atoms with Gasteiger partial charge in [0.25, 0.3) is 20.2 Å². The van der Waals surface area contributed by atoms with E-state index in [-0.39, 0.29) is 5.75 Å². The molecule has 0 saturated carbocycles. The predicted molar refractivity (Wildman–Crippen MR) is 129 cm³/mol. The first-order valence-corrected chi connectivity index (χ1v) is 15.3. The van der Waals surface area contributed by atoms with Crippen molar-refractivity contribution in [3.05, 3.63) is 91.0 Å². The minimum atomic E-state index is -4.13. The van der Waals surface area contributed by atoms with Gasteiger partial charge in [-0.2, -0.15) is 16.8 Å². The Balaban J connectivity index is 1.95. The van der Waals surface area contributed by atoms with Crippen LogP contribution in [0, 0.1) is 0 Å². The molecular weight excluding hydrogens is 451 g/mol. The molecule has 164 valence electrons. The Hall–Kier alpha value is -2.05. The standard InChI is InChI=1S/C23H26O5PS2/c1-30(24,25)28-31(26,27)20-12-11-19-29(21-13-5-2-6-14-21,22-15-7-3-8-16-22)23-17-9-4-10-18-23/h2-10,13-18H,11-12,19-20H2,1H3/q+1. The second kappa shape index (κ2) is 10.0. The highest BCUT2D eigenvalue weighted by molar-refractivity contribution is 7.99. The summed E-state index contributed by atoms with van der Waals surface area (Å²) < 4.78 is 50.6. The van der Waals surface area contributed by atoms with Crippen molar-refractivity contribution in [1.29, 1.82) is 0 Å². The molecule has 0 aliphatic carbocycles. The predicted octanol–water partition coefficient (Wildman–Crippen LogP) is 3.07. The average molecular weight is 478 g/mol. The van der Waals surface area contributed by atoms with E-state index >= 15 is 0 Å². The summed E-state index contributed by atoms with van der Waals surface area (Å²) in [5.41, 5.74) is 0. The van der Waals surface area contributed by atoms with Crippen LogP contribution in [0.2, 0.25) is 0 Å². The van der Waals surface area contributed by atoms with Crippen molar-refractivity contribution in [1.82, 2.24) is 0 Å². The number of unbranched alkanes of at least 4 members (excludes halogenated alkanes) is 1. The molecule has 5 nitrogen and oxygen atoms in total. The zero-order valence-electron chi connectivity index (χ0n) is 17.3. The summed E-state index contributed by atoms with van der Waals surface area (Å²) in [6.07, 6.45) is 2.42. The van der Waals surface area contributed by atoms with Crippen LogP contribution in [0.4, 0.5) is 0 Å². The first-order chi connectivity index (χ1) is 14.7. The van der Waals surface area contributed by atoms with E-state index in [2.05, 4.69) is 40.0 Å². The molecule has 0 unspecified atom stereocenters. The Bertz CT molecular complexity index is 1080. The van der Waals surface area contributed by atoms with Crippen molar-refractivity contribution in [2.45, 2.75) is 12.8 Å². The first kappa shape index (κ1) is 23.6. The van der Waals surface area contributed by atoms with Crippen molar-refractivity contribution < 1.29 is 20.5 Å². The zero-order valence-corrected chi connectivity index (χ0v) is 19.8. The molecule has 0 amide bonds. The Morgan fingerprint density at radius 2 is 1.03 bits per heavy atom. The van der Waals surface area contributed by atoms with Gasteiger partial charge in [-0.3, -0.25) is 0 Å². The number of hydrogen-bond donors (Lipinski definition) is 0. The highest BCUT2D eigenvalue weighted by atomic mass is 32.3. The van der Waals surface area contributed by atoms with Crippen LogP contribution < -0.4 is 15.9 Å². The molecule has 3 aromatic rings. The maximum Gasteiger partial charge on any atom is 0.281 e. The van der Waals surface area contributed by atoms with E-state index in [1.807, 2.05) is 54.6 Å². The monoisotopic (exact) mass is 477 g/mol. The summed E-state index contributed by atoms with van der Waals surface area (Å²) in [6, 6.07) is 31.0. The van der Waals surface area contributed by atoms with E-state index in [0.717, 1.165) is 12.4 Å². The molecule has 0 aromatic heterocycles. The van der Waals surface area contributed by atoms with E-state index in [4.69, 9.17) is 0 Å². The molecule has 0 heterocycles. The van der Waals surface area contributed by atoms with Crippen molar-refractivity contribution in [2.75, 3.05) is 18.2 Å². The molecule has 0 aliphatic rings. The van der Waals surface area contributed by atoms with Gasteiger partial charge in [0.1, 0.15) is 23.2 Å². The summed E-state index contributed by atoms with van der Waals surface area (Å²) in [7, 11) is -10.2. The van der Waals surface area contributed by atoms with Crippen LogP contribution in [0.25, 0.3) is 0 Å². The smallest absolute Gasteiger partial charge is 0.199 e. The Morgan fingerprint density at radius 1 is 0.645 bits per heavy atom. The summed E-state index contributed by atoms with van der Waals surface area (Å²) in [5, 5.41) is 3.67. The van der Waals surface area contributed by atoms with Crippen molar-refractivity contribution in [3.63, 3.8) is 0 Å². The van der Waals surface area contributed by atoms with Gasteiger partial charge in [0.2, 0.25) is 0 Å². The van der Waals surface area contributed by atoms with E-state index in [9.17, 15) is 16.8 Å². The molecule has 31 heavy (non-hydrogen) atoms. The quantitative estimate of drug-likeness (QED) is 0.331. The second-order valence-electron chi connectivity index (χ2n) is 7.28. The van der Waals surface area contributed by atoms with Crippen molar-refractivity contribution in [3.8, 4) is 0 Å². The maximum atomic E-state index is 12.0. The van der Waals surface area contributed by atoms with Crippen molar-refractivity contribution in [2.24, 2.45) is 0 Å². The lowest BCUT2D eigenvalue weighted by atomic mass is 10.3. The Labute approximate surface area is 185 Å². The van der Waals surface area contributed by atoms with Gasteiger partial charge in [0.05, 0.1) is 18.2 Å². The second-order valence-corrected chi connectivity index (χ2v) is 14.4. The Kier molecular flexibility index (Phi) is 7.65. The van der Waals surface area contributed by atoms with E-state index in [0.29, 0.717) is 12.8 Å². The van der Waals surface area contributed by atoms with Gasteiger partial charge in [-0.15, -0.1) is 3.63 Å². The first-order valence-electron chi connectivity index (χ1n) is 9.92. The minimum absolute atomic E-state index is 0.312. The molecule has 8 heteroatoms. The largest absolute Gasteiger partial charge is 0.281 e. The fourth-order valence-corrected chi connectivity index (χ4v) is 10.5. The SMILES string of the molecule is CS(=O)(=O)OS(=O)(=O)CCCC[P+](c1ccccc1)(c1ccccc1)c1ccccc1. The molecular formula is C23H26O5PS2+. The number of rotatable bonds is 10. The van der Waals surface area contributed by atoms with Gasteiger partial charge in [0, 0.05) is 0 Å². The molecule has 3 rings (SSSR count). The average Bonchev–Trinajstić information content (AvgIpc) is 2.74. The zero-order chi connectivity index (χ0) is 22.4. The number of benzene rings is 3. The van der Waals surface area contributed by atoms with Crippen LogP contribution >= 0.6 is 7.26 Å². The van der Waals surface area contributed by atoms with E-state index in [1.165, 1.54) is 15.9 Å². The number of hydrogen-bond acceptors (Lipinski definition) is 5. The normalized spacial score (nSPS) is 12.5. The van der Waals surface area contributed by atoms with Gasteiger partial charge in [-0.25, -0.2) is 0 Å². The summed E-state index contributed by atoms with van der Waals surface area (Å²) in [4.78, 5) is 0. The summed E-state index contributed by atoms with van der Waals surface area (Å²) in [6.45, 7) is 0. The molecule has 0 atom stereocenters. The molecule has 0 aliphatic heterocycles. The summed E-state index contributed by atoms with van der Waals surface area (Å²) >= 11 is 0. The van der Waals surface area contributed by atoms with Crippen molar-refractivity contribution >= 4 is 43.4 Å². The fraction of sp³-hybridized carbons (Fsp3) is 0.217. The van der Waals surface area contributed by atoms with Crippen LogP contribution in [0.15, 0.2) is 91.0 Å². The van der Waals surface area contributed by atoms with E-state index < -0.39 is 27.5 Å². The molecule has 0 bridgehead atoms. The van der Waals surface area contributed by atoms with Crippen LogP contribution in [0.1, 0.15) is 12.8 Å². The topological polar surface area (TPSA) is 77.5 Å². The van der Waals surface area contributed by atoms with Gasteiger partial charge < -0.3 is 0 Å². The molecule has 0 radical (unpaired) electrons. The third kappa shape index (κ3) is 6.23.